The highest BCUT2D eigenvalue weighted by Crippen LogP contribution is 2.18. The van der Waals surface area contributed by atoms with Gasteiger partial charge in [0.05, 0.1) is 17.6 Å². The third-order valence-electron chi connectivity index (χ3n) is 4.84. The number of nitrogens with zero attached hydrogens (tertiary/aromatic N) is 7. The summed E-state index contributed by atoms with van der Waals surface area (Å²) in [5.41, 5.74) is 1.96. The zero-order valence-electron chi connectivity index (χ0n) is 16.7. The van der Waals surface area contributed by atoms with Gasteiger partial charge in [-0.05, 0) is 37.5 Å². The number of piperidine rings is 1. The smallest absolute Gasteiger partial charge is 0.251 e. The quantitative estimate of drug-likeness (QED) is 0.702. The minimum absolute atomic E-state index is 0.205. The SMILES string of the molecule is CN(C)c1nc(CNC(=O)c2ccc3nccnc3c2)nc(N2CCCCC2)n1. The van der Waals surface area contributed by atoms with E-state index in [2.05, 4.69) is 35.1 Å². The van der Waals surface area contributed by atoms with Crippen molar-refractivity contribution in [1.82, 2.24) is 30.2 Å². The summed E-state index contributed by atoms with van der Waals surface area (Å²) in [6.07, 6.45) is 6.76. The Bertz CT molecular complexity index is 1020. The van der Waals surface area contributed by atoms with Gasteiger partial charge in [-0.2, -0.15) is 15.0 Å². The maximum Gasteiger partial charge on any atom is 0.251 e. The Kier molecular flexibility index (Phi) is 5.46. The number of rotatable bonds is 5. The maximum absolute atomic E-state index is 12.6. The topological polar surface area (TPSA) is 100 Å². The highest BCUT2D eigenvalue weighted by atomic mass is 16.1. The fourth-order valence-electron chi connectivity index (χ4n) is 3.28. The number of fused-ring (bicyclic) bond motifs is 1. The molecule has 9 nitrogen and oxygen atoms in total. The number of anilines is 2. The highest BCUT2D eigenvalue weighted by Gasteiger charge is 2.17. The molecule has 3 heterocycles. The van der Waals surface area contributed by atoms with Gasteiger partial charge in [0, 0.05) is 45.1 Å². The van der Waals surface area contributed by atoms with Crippen LogP contribution in [-0.2, 0) is 6.54 Å². The molecule has 1 aromatic carbocycles. The van der Waals surface area contributed by atoms with Crippen LogP contribution >= 0.6 is 0 Å². The molecule has 4 rings (SSSR count). The van der Waals surface area contributed by atoms with Gasteiger partial charge in [0.15, 0.2) is 5.82 Å². The molecule has 1 N–H and O–H groups in total. The average Bonchev–Trinajstić information content (AvgIpc) is 2.77. The molecule has 0 atom stereocenters. The minimum atomic E-state index is -0.205. The third kappa shape index (κ3) is 4.39. The van der Waals surface area contributed by atoms with Crippen LogP contribution in [0.4, 0.5) is 11.9 Å². The molecule has 1 amide bonds. The number of hydrogen-bond donors (Lipinski definition) is 1. The van der Waals surface area contributed by atoms with E-state index in [1.165, 1.54) is 6.42 Å². The molecule has 1 aliphatic heterocycles. The van der Waals surface area contributed by atoms with Gasteiger partial charge in [0.1, 0.15) is 0 Å². The lowest BCUT2D eigenvalue weighted by molar-refractivity contribution is 0.0950. The van der Waals surface area contributed by atoms with E-state index in [-0.39, 0.29) is 12.5 Å². The summed E-state index contributed by atoms with van der Waals surface area (Å²) in [5, 5.41) is 2.90. The highest BCUT2D eigenvalue weighted by molar-refractivity contribution is 5.97. The van der Waals surface area contributed by atoms with Crippen molar-refractivity contribution in [2.24, 2.45) is 0 Å². The van der Waals surface area contributed by atoms with Gasteiger partial charge >= 0.3 is 0 Å². The van der Waals surface area contributed by atoms with Gasteiger partial charge in [-0.25, -0.2) is 0 Å². The van der Waals surface area contributed by atoms with Crippen molar-refractivity contribution < 1.29 is 4.79 Å². The molecule has 29 heavy (non-hydrogen) atoms. The van der Waals surface area contributed by atoms with Crippen LogP contribution in [0.3, 0.4) is 0 Å². The second-order valence-corrected chi connectivity index (χ2v) is 7.24. The van der Waals surface area contributed by atoms with E-state index in [0.29, 0.717) is 28.8 Å². The first kappa shape index (κ1) is 19.0. The van der Waals surface area contributed by atoms with Crippen LogP contribution < -0.4 is 15.1 Å². The predicted molar refractivity (Wildman–Crippen MR) is 111 cm³/mol. The van der Waals surface area contributed by atoms with E-state index in [1.807, 2.05) is 19.0 Å². The second-order valence-electron chi connectivity index (χ2n) is 7.24. The maximum atomic E-state index is 12.6. The molecule has 0 radical (unpaired) electrons. The van der Waals surface area contributed by atoms with Crippen molar-refractivity contribution >= 4 is 28.8 Å². The van der Waals surface area contributed by atoms with E-state index in [1.54, 1.807) is 30.6 Å². The number of nitrogens with one attached hydrogen (secondary N) is 1. The predicted octanol–water partition coefficient (Wildman–Crippen LogP) is 1.80. The summed E-state index contributed by atoms with van der Waals surface area (Å²) in [5.74, 6) is 1.60. The number of amides is 1. The molecule has 0 bridgehead atoms. The summed E-state index contributed by atoms with van der Waals surface area (Å²) in [4.78, 5) is 38.8. The van der Waals surface area contributed by atoms with Crippen LogP contribution in [0.2, 0.25) is 0 Å². The molecule has 150 valence electrons. The van der Waals surface area contributed by atoms with Crippen molar-refractivity contribution in [2.45, 2.75) is 25.8 Å². The zero-order chi connectivity index (χ0) is 20.2. The molecular formula is C20H24N8O. The Morgan fingerprint density at radius 1 is 1.03 bits per heavy atom. The van der Waals surface area contributed by atoms with Crippen molar-refractivity contribution in [1.29, 1.82) is 0 Å². The van der Waals surface area contributed by atoms with E-state index in [0.717, 1.165) is 31.4 Å². The summed E-state index contributed by atoms with van der Waals surface area (Å²) >= 11 is 0. The first-order chi connectivity index (χ1) is 14.1. The number of carbonyl (C=O) groups excluding carboxylic acids is 1. The second kappa shape index (κ2) is 8.34. The summed E-state index contributed by atoms with van der Waals surface area (Å²) in [7, 11) is 3.79. The van der Waals surface area contributed by atoms with Crippen LogP contribution in [0.1, 0.15) is 35.4 Å². The molecular weight excluding hydrogens is 368 g/mol. The number of hydrogen-bond acceptors (Lipinski definition) is 8. The van der Waals surface area contributed by atoms with Crippen molar-refractivity contribution in [3.8, 4) is 0 Å². The van der Waals surface area contributed by atoms with Crippen LogP contribution in [0.25, 0.3) is 11.0 Å². The molecule has 0 saturated carbocycles. The minimum Gasteiger partial charge on any atom is -0.347 e. The number of benzene rings is 1. The van der Waals surface area contributed by atoms with Gasteiger partial charge in [-0.3, -0.25) is 14.8 Å². The van der Waals surface area contributed by atoms with E-state index < -0.39 is 0 Å². The van der Waals surface area contributed by atoms with Crippen LogP contribution in [0, 0.1) is 0 Å². The molecule has 0 aliphatic carbocycles. The van der Waals surface area contributed by atoms with E-state index in [9.17, 15) is 4.79 Å². The molecule has 0 spiro atoms. The first-order valence-corrected chi connectivity index (χ1v) is 9.76. The Hall–Kier alpha value is -3.36. The summed E-state index contributed by atoms with van der Waals surface area (Å²) in [6, 6.07) is 5.26. The lowest BCUT2D eigenvalue weighted by atomic mass is 10.1. The van der Waals surface area contributed by atoms with Crippen molar-refractivity contribution in [3.63, 3.8) is 0 Å². The average molecular weight is 392 g/mol. The van der Waals surface area contributed by atoms with Gasteiger partial charge in [-0.1, -0.05) is 0 Å². The molecule has 9 heteroatoms. The Labute approximate surface area is 169 Å². The van der Waals surface area contributed by atoms with Gasteiger partial charge < -0.3 is 15.1 Å². The van der Waals surface area contributed by atoms with Crippen LogP contribution in [0.15, 0.2) is 30.6 Å². The standard InChI is InChI=1S/C20H24N8O/c1-27(2)19-24-17(25-20(26-19)28-10-4-3-5-11-28)13-23-18(29)14-6-7-15-16(12-14)22-9-8-21-15/h6-9,12H,3-5,10-11,13H2,1-2H3,(H,23,29). The Morgan fingerprint density at radius 3 is 2.55 bits per heavy atom. The number of aromatic nitrogens is 5. The first-order valence-electron chi connectivity index (χ1n) is 9.76. The van der Waals surface area contributed by atoms with Crippen LogP contribution in [-0.4, -0.2) is 58.0 Å². The monoisotopic (exact) mass is 392 g/mol. The molecule has 0 unspecified atom stereocenters. The van der Waals surface area contributed by atoms with E-state index in [4.69, 9.17) is 0 Å². The fraction of sp³-hybridized carbons (Fsp3) is 0.400. The molecule has 1 aliphatic rings. The lowest BCUT2D eigenvalue weighted by Crippen LogP contribution is -2.32. The van der Waals surface area contributed by atoms with Gasteiger partial charge in [0.2, 0.25) is 11.9 Å². The Morgan fingerprint density at radius 2 is 1.79 bits per heavy atom. The lowest BCUT2D eigenvalue weighted by Gasteiger charge is -2.27. The van der Waals surface area contributed by atoms with E-state index >= 15 is 0 Å². The van der Waals surface area contributed by atoms with Gasteiger partial charge in [-0.15, -0.1) is 0 Å². The third-order valence-corrected chi connectivity index (χ3v) is 4.84. The largest absolute Gasteiger partial charge is 0.347 e. The van der Waals surface area contributed by atoms with Gasteiger partial charge in [0.25, 0.3) is 5.91 Å². The number of carbonyl (C=O) groups is 1. The summed E-state index contributed by atoms with van der Waals surface area (Å²) in [6.45, 7) is 2.11. The molecule has 3 aromatic rings. The molecule has 1 fully saturated rings. The van der Waals surface area contributed by atoms with Crippen molar-refractivity contribution in [2.75, 3.05) is 37.0 Å². The molecule has 2 aromatic heterocycles. The fourth-order valence-corrected chi connectivity index (χ4v) is 3.28. The molecule has 1 saturated heterocycles. The summed E-state index contributed by atoms with van der Waals surface area (Å²) < 4.78 is 0. The zero-order valence-corrected chi connectivity index (χ0v) is 16.7. The normalized spacial score (nSPS) is 14.1. The Balaban J connectivity index is 1.51. The van der Waals surface area contributed by atoms with Crippen LogP contribution in [0.5, 0.6) is 0 Å². The van der Waals surface area contributed by atoms with Crippen molar-refractivity contribution in [3.05, 3.63) is 42.0 Å².